The number of aliphatic hydroxyl groups excluding tert-OH is 1. The van der Waals surface area contributed by atoms with E-state index in [-0.39, 0.29) is 47.3 Å². The molecule has 0 fully saturated rings. The molecule has 0 unspecified atom stereocenters. The Labute approximate surface area is 289 Å². The van der Waals surface area contributed by atoms with Crippen LogP contribution in [0.2, 0.25) is 0 Å². The molecule has 0 heterocycles. The van der Waals surface area contributed by atoms with Crippen molar-refractivity contribution in [2.24, 2.45) is 0 Å². The fourth-order valence-electron chi connectivity index (χ4n) is 4.91. The van der Waals surface area contributed by atoms with E-state index in [1.807, 2.05) is 25.7 Å². The minimum atomic E-state index is -0.703. The van der Waals surface area contributed by atoms with Crippen LogP contribution in [-0.4, -0.2) is 47.7 Å². The zero-order valence-corrected chi connectivity index (χ0v) is 27.7. The van der Waals surface area contributed by atoms with Crippen molar-refractivity contribution in [1.29, 1.82) is 0 Å². The smallest absolute Gasteiger partial charge is 0.343 e. The van der Waals surface area contributed by atoms with Crippen LogP contribution in [0.4, 0.5) is 5.69 Å². The molecular weight excluding hydrogens is 638 g/mol. The zero-order chi connectivity index (χ0) is 35.7. The molecule has 5 rings (SSSR count). The van der Waals surface area contributed by atoms with Crippen molar-refractivity contribution in [3.8, 4) is 23.0 Å². The number of β-amino-alcohol motifs (C(OH)–C–C–N with tert-alkyl or cyclic N) is 1. The van der Waals surface area contributed by atoms with Crippen molar-refractivity contribution >= 4 is 29.6 Å². The van der Waals surface area contributed by atoms with Gasteiger partial charge in [0.15, 0.2) is 0 Å². The number of carbonyl (C=O) groups is 4. The van der Waals surface area contributed by atoms with Crippen LogP contribution in [0, 0.1) is 0 Å². The lowest BCUT2D eigenvalue weighted by molar-refractivity contribution is 0.0723. The largest absolute Gasteiger partial charge is 0.423 e. The summed E-state index contributed by atoms with van der Waals surface area (Å²) in [5, 5.41) is 9.80. The minimum Gasteiger partial charge on any atom is -0.423 e. The second-order valence-electron chi connectivity index (χ2n) is 12.0. The van der Waals surface area contributed by atoms with E-state index in [0.29, 0.717) is 16.8 Å². The van der Waals surface area contributed by atoms with Crippen molar-refractivity contribution in [1.82, 2.24) is 0 Å². The van der Waals surface area contributed by atoms with Gasteiger partial charge in [0.25, 0.3) is 0 Å². The SMILES string of the molecule is CC(C)(C)N(CCO)c1cc(OC(=O)c2ccc(OC(=O)c3ccccc3)cc2)cc(OC(=O)c2ccc(OC(=O)c3ccccc3)cc2)c1. The van der Waals surface area contributed by atoms with Gasteiger partial charge in [0.05, 0.1) is 28.9 Å². The molecule has 10 nitrogen and oxygen atoms in total. The van der Waals surface area contributed by atoms with E-state index >= 15 is 0 Å². The molecule has 1 N–H and O–H groups in total. The predicted octanol–water partition coefficient (Wildman–Crippen LogP) is 7.16. The standard InChI is InChI=1S/C40H35NO9/c1-40(2,3)41(22-23-42)31-24-34(49-38(45)29-14-18-32(19-15-29)47-36(43)27-10-6-4-7-11-27)26-35(25-31)50-39(46)30-16-20-33(21-17-30)48-37(44)28-12-8-5-9-13-28/h4-21,24-26,42H,22-23H2,1-3H3. The number of ether oxygens (including phenoxy) is 4. The maximum absolute atomic E-state index is 13.2. The molecule has 0 atom stereocenters. The lowest BCUT2D eigenvalue weighted by Crippen LogP contribution is -2.43. The van der Waals surface area contributed by atoms with Gasteiger partial charge in [-0.25, -0.2) is 19.2 Å². The summed E-state index contributed by atoms with van der Waals surface area (Å²) in [6.45, 7) is 5.95. The summed E-state index contributed by atoms with van der Waals surface area (Å²) in [7, 11) is 0. The van der Waals surface area contributed by atoms with Crippen molar-refractivity contribution in [2.75, 3.05) is 18.1 Å². The predicted molar refractivity (Wildman–Crippen MR) is 186 cm³/mol. The monoisotopic (exact) mass is 673 g/mol. The summed E-state index contributed by atoms with van der Waals surface area (Å²) in [6.07, 6.45) is 0. The summed E-state index contributed by atoms with van der Waals surface area (Å²) in [4.78, 5) is 53.1. The summed E-state index contributed by atoms with van der Waals surface area (Å²) in [6, 6.07) is 33.5. The summed E-state index contributed by atoms with van der Waals surface area (Å²) < 4.78 is 22.2. The Bertz CT molecular complexity index is 1820. The van der Waals surface area contributed by atoms with Crippen molar-refractivity contribution in [3.05, 3.63) is 150 Å². The van der Waals surface area contributed by atoms with Crippen molar-refractivity contribution < 1.29 is 43.2 Å². The molecule has 0 aliphatic carbocycles. The molecule has 0 aliphatic rings. The number of carbonyl (C=O) groups excluding carboxylic acids is 4. The van der Waals surface area contributed by atoms with Gasteiger partial charge in [0.2, 0.25) is 0 Å². The average molecular weight is 674 g/mol. The van der Waals surface area contributed by atoms with Crippen LogP contribution in [0.1, 0.15) is 62.2 Å². The maximum atomic E-state index is 13.2. The highest BCUT2D eigenvalue weighted by Crippen LogP contribution is 2.33. The van der Waals surface area contributed by atoms with E-state index in [4.69, 9.17) is 18.9 Å². The number of nitrogens with zero attached hydrogens (tertiary/aromatic N) is 1. The van der Waals surface area contributed by atoms with E-state index < -0.39 is 29.4 Å². The molecule has 5 aromatic rings. The third-order valence-corrected chi connectivity index (χ3v) is 7.35. The Kier molecular flexibility index (Phi) is 11.0. The number of esters is 4. The van der Waals surface area contributed by atoms with Gasteiger partial charge in [-0.15, -0.1) is 0 Å². The van der Waals surface area contributed by atoms with E-state index in [9.17, 15) is 24.3 Å². The average Bonchev–Trinajstić information content (AvgIpc) is 3.11. The number of aliphatic hydroxyl groups is 1. The Morgan fingerprint density at radius 1 is 0.500 bits per heavy atom. The third-order valence-electron chi connectivity index (χ3n) is 7.35. The van der Waals surface area contributed by atoms with E-state index in [0.717, 1.165) is 0 Å². The molecule has 0 amide bonds. The highest BCUT2D eigenvalue weighted by Gasteiger charge is 2.24. The zero-order valence-electron chi connectivity index (χ0n) is 27.7. The van der Waals surface area contributed by atoms with E-state index in [1.165, 1.54) is 54.6 Å². The van der Waals surface area contributed by atoms with Crippen LogP contribution in [0.3, 0.4) is 0 Å². The first-order valence-corrected chi connectivity index (χ1v) is 15.7. The molecular formula is C40H35NO9. The summed E-state index contributed by atoms with van der Waals surface area (Å²) in [5.41, 5.74) is 1.21. The first-order chi connectivity index (χ1) is 24.0. The van der Waals surface area contributed by atoms with Gasteiger partial charge in [-0.2, -0.15) is 0 Å². The second-order valence-corrected chi connectivity index (χ2v) is 12.0. The number of anilines is 1. The molecule has 0 bridgehead atoms. The van der Waals surface area contributed by atoms with Crippen molar-refractivity contribution in [3.63, 3.8) is 0 Å². The topological polar surface area (TPSA) is 129 Å². The third kappa shape index (κ3) is 9.21. The minimum absolute atomic E-state index is 0.0882. The van der Waals surface area contributed by atoms with Gasteiger partial charge in [0, 0.05) is 36.0 Å². The highest BCUT2D eigenvalue weighted by molar-refractivity contribution is 5.94. The number of hydrogen-bond donors (Lipinski definition) is 1. The number of benzene rings is 5. The van der Waals surface area contributed by atoms with Gasteiger partial charge >= 0.3 is 23.9 Å². The van der Waals surface area contributed by atoms with Crippen LogP contribution >= 0.6 is 0 Å². The Balaban J connectivity index is 1.33. The molecule has 0 aromatic heterocycles. The molecule has 5 aromatic carbocycles. The van der Waals surface area contributed by atoms with Crippen molar-refractivity contribution in [2.45, 2.75) is 26.3 Å². The Morgan fingerprint density at radius 3 is 1.18 bits per heavy atom. The summed E-state index contributed by atoms with van der Waals surface area (Å²) >= 11 is 0. The van der Waals surface area contributed by atoms with Gasteiger partial charge in [0.1, 0.15) is 23.0 Å². The maximum Gasteiger partial charge on any atom is 0.343 e. The van der Waals surface area contributed by atoms with Crippen LogP contribution in [-0.2, 0) is 0 Å². The molecule has 0 radical (unpaired) electrons. The Hall–Kier alpha value is -6.26. The first-order valence-electron chi connectivity index (χ1n) is 15.7. The molecule has 10 heteroatoms. The lowest BCUT2D eigenvalue weighted by Gasteiger charge is -2.37. The van der Waals surface area contributed by atoms with Gasteiger partial charge in [-0.3, -0.25) is 0 Å². The fraction of sp³-hybridized carbons (Fsp3) is 0.150. The van der Waals surface area contributed by atoms with Gasteiger partial charge in [-0.1, -0.05) is 36.4 Å². The number of hydrogen-bond acceptors (Lipinski definition) is 10. The number of rotatable bonds is 11. The van der Waals surface area contributed by atoms with Gasteiger partial charge < -0.3 is 29.0 Å². The summed E-state index contributed by atoms with van der Waals surface area (Å²) in [5.74, 6) is -1.80. The highest BCUT2D eigenvalue weighted by atomic mass is 16.6. The first kappa shape index (κ1) is 35.1. The van der Waals surface area contributed by atoms with Crippen LogP contribution in [0.15, 0.2) is 127 Å². The molecule has 0 aliphatic heterocycles. The van der Waals surface area contributed by atoms with Gasteiger partial charge in [-0.05, 0) is 93.6 Å². The van der Waals surface area contributed by atoms with E-state index in [1.54, 1.807) is 72.8 Å². The van der Waals surface area contributed by atoms with Crippen LogP contribution in [0.25, 0.3) is 0 Å². The fourth-order valence-corrected chi connectivity index (χ4v) is 4.91. The normalized spacial score (nSPS) is 10.9. The Morgan fingerprint density at radius 2 is 0.840 bits per heavy atom. The lowest BCUT2D eigenvalue weighted by atomic mass is 10.0. The second kappa shape index (κ2) is 15.8. The molecule has 0 saturated carbocycles. The quantitative estimate of drug-likeness (QED) is 0.114. The molecule has 0 spiro atoms. The van der Waals surface area contributed by atoms with E-state index in [2.05, 4.69) is 0 Å². The molecule has 254 valence electrons. The van der Waals surface area contributed by atoms with Crippen LogP contribution in [0.5, 0.6) is 23.0 Å². The molecule has 50 heavy (non-hydrogen) atoms. The van der Waals surface area contributed by atoms with Crippen LogP contribution < -0.4 is 23.8 Å². The molecule has 0 saturated heterocycles.